The molecule has 23 heavy (non-hydrogen) atoms. The minimum Gasteiger partial charge on any atom is -0.410 e. The lowest BCUT2D eigenvalue weighted by Crippen LogP contribution is -2.42. The number of benzene rings is 1. The fourth-order valence-electron chi connectivity index (χ4n) is 2.55. The smallest absolute Gasteiger partial charge is 0.410 e. The standard InChI is InChI=1S/C18H24N2O3/c1-2-3-9-17(21)19-14-15-10-12-20(13-11-15)18(22)23-16-7-5-4-6-8-16/h2,4-8,15H,1,3,9-14H2,(H,19,21). The zero-order valence-corrected chi connectivity index (χ0v) is 13.4. The van der Waals surface area contributed by atoms with E-state index in [-0.39, 0.29) is 12.0 Å². The second kappa shape index (κ2) is 8.98. The summed E-state index contributed by atoms with van der Waals surface area (Å²) in [5.74, 6) is 1.05. The van der Waals surface area contributed by atoms with Crippen molar-refractivity contribution in [3.63, 3.8) is 0 Å². The van der Waals surface area contributed by atoms with Gasteiger partial charge in [-0.15, -0.1) is 6.58 Å². The Hall–Kier alpha value is -2.30. The normalized spacial score (nSPS) is 15.0. The minimum absolute atomic E-state index is 0.0656. The largest absolute Gasteiger partial charge is 0.415 e. The summed E-state index contributed by atoms with van der Waals surface area (Å²) in [6, 6.07) is 9.09. The van der Waals surface area contributed by atoms with E-state index in [9.17, 15) is 9.59 Å². The molecule has 1 aliphatic rings. The molecule has 1 heterocycles. The monoisotopic (exact) mass is 316 g/mol. The van der Waals surface area contributed by atoms with Crippen LogP contribution >= 0.6 is 0 Å². The van der Waals surface area contributed by atoms with Crippen molar-refractivity contribution in [3.05, 3.63) is 43.0 Å². The molecule has 1 aliphatic heterocycles. The molecule has 1 aromatic carbocycles. The summed E-state index contributed by atoms with van der Waals surface area (Å²) in [7, 11) is 0. The van der Waals surface area contributed by atoms with Gasteiger partial charge in [0.2, 0.25) is 5.91 Å². The fraction of sp³-hybridized carbons (Fsp3) is 0.444. The lowest BCUT2D eigenvalue weighted by Gasteiger charge is -2.31. The number of carbonyl (C=O) groups is 2. The molecule has 0 spiro atoms. The van der Waals surface area contributed by atoms with E-state index in [0.29, 0.717) is 44.1 Å². The predicted molar refractivity (Wildman–Crippen MR) is 89.2 cm³/mol. The Balaban J connectivity index is 1.68. The Kier molecular flexibility index (Phi) is 6.66. The highest BCUT2D eigenvalue weighted by Gasteiger charge is 2.24. The summed E-state index contributed by atoms with van der Waals surface area (Å²) in [6.07, 6.45) is 4.40. The molecule has 0 saturated carbocycles. The molecule has 0 atom stereocenters. The molecule has 0 aromatic heterocycles. The molecule has 0 unspecified atom stereocenters. The van der Waals surface area contributed by atoms with E-state index in [4.69, 9.17) is 4.74 Å². The van der Waals surface area contributed by atoms with Crippen molar-refractivity contribution in [2.24, 2.45) is 5.92 Å². The Morgan fingerprint density at radius 2 is 1.96 bits per heavy atom. The minimum atomic E-state index is -0.301. The molecule has 0 radical (unpaired) electrons. The van der Waals surface area contributed by atoms with Gasteiger partial charge in [0, 0.05) is 26.1 Å². The number of amides is 2. The van der Waals surface area contributed by atoms with E-state index < -0.39 is 0 Å². The SMILES string of the molecule is C=CCCC(=O)NCC1CCN(C(=O)Oc2ccccc2)CC1. The first kappa shape index (κ1) is 17.1. The fourth-order valence-corrected chi connectivity index (χ4v) is 2.55. The van der Waals surface area contributed by atoms with Gasteiger partial charge in [0.15, 0.2) is 0 Å². The molecular formula is C18H24N2O3. The van der Waals surface area contributed by atoms with Gasteiger partial charge in [-0.25, -0.2) is 4.79 Å². The average Bonchev–Trinajstić information content (AvgIpc) is 2.59. The van der Waals surface area contributed by atoms with Gasteiger partial charge in [0.05, 0.1) is 0 Å². The Labute approximate surface area is 137 Å². The van der Waals surface area contributed by atoms with Crippen molar-refractivity contribution >= 4 is 12.0 Å². The molecular weight excluding hydrogens is 292 g/mol. The van der Waals surface area contributed by atoms with E-state index in [1.165, 1.54) is 0 Å². The van der Waals surface area contributed by atoms with Crippen molar-refractivity contribution in [2.45, 2.75) is 25.7 Å². The van der Waals surface area contributed by atoms with Gasteiger partial charge in [-0.2, -0.15) is 0 Å². The molecule has 1 saturated heterocycles. The van der Waals surface area contributed by atoms with Crippen LogP contribution in [0, 0.1) is 5.92 Å². The van der Waals surface area contributed by atoms with Gasteiger partial charge in [-0.05, 0) is 37.3 Å². The number of para-hydroxylation sites is 1. The predicted octanol–water partition coefficient (Wildman–Crippen LogP) is 2.98. The van der Waals surface area contributed by atoms with Gasteiger partial charge in [0.1, 0.15) is 5.75 Å². The van der Waals surface area contributed by atoms with E-state index in [0.717, 1.165) is 12.8 Å². The molecule has 5 nitrogen and oxygen atoms in total. The number of hydrogen-bond acceptors (Lipinski definition) is 3. The summed E-state index contributed by atoms with van der Waals surface area (Å²) in [4.78, 5) is 25.4. The van der Waals surface area contributed by atoms with Crippen LogP contribution in [0.1, 0.15) is 25.7 Å². The number of likely N-dealkylation sites (tertiary alicyclic amines) is 1. The number of nitrogens with zero attached hydrogens (tertiary/aromatic N) is 1. The van der Waals surface area contributed by atoms with Crippen LogP contribution in [-0.2, 0) is 4.79 Å². The third kappa shape index (κ3) is 5.77. The van der Waals surface area contributed by atoms with E-state index in [1.54, 1.807) is 23.1 Å². The molecule has 5 heteroatoms. The van der Waals surface area contributed by atoms with Crippen molar-refractivity contribution < 1.29 is 14.3 Å². The highest BCUT2D eigenvalue weighted by molar-refractivity contribution is 5.76. The second-order valence-corrected chi connectivity index (χ2v) is 5.74. The van der Waals surface area contributed by atoms with Crippen LogP contribution in [0.15, 0.2) is 43.0 Å². The van der Waals surface area contributed by atoms with Gasteiger partial charge >= 0.3 is 6.09 Å². The first-order chi connectivity index (χ1) is 11.2. The quantitative estimate of drug-likeness (QED) is 0.821. The van der Waals surface area contributed by atoms with E-state index in [2.05, 4.69) is 11.9 Å². The number of piperidine rings is 1. The van der Waals surface area contributed by atoms with Crippen LogP contribution in [0.2, 0.25) is 0 Å². The maximum absolute atomic E-state index is 12.1. The highest BCUT2D eigenvalue weighted by Crippen LogP contribution is 2.18. The number of nitrogens with one attached hydrogen (secondary N) is 1. The Morgan fingerprint density at radius 3 is 2.61 bits per heavy atom. The highest BCUT2D eigenvalue weighted by atomic mass is 16.6. The molecule has 1 aromatic rings. The molecule has 0 aliphatic carbocycles. The topological polar surface area (TPSA) is 58.6 Å². The first-order valence-electron chi connectivity index (χ1n) is 8.08. The van der Waals surface area contributed by atoms with Crippen LogP contribution in [0.4, 0.5) is 4.79 Å². The second-order valence-electron chi connectivity index (χ2n) is 5.74. The van der Waals surface area contributed by atoms with Crippen LogP contribution in [0.25, 0.3) is 0 Å². The first-order valence-corrected chi connectivity index (χ1v) is 8.08. The van der Waals surface area contributed by atoms with Crippen LogP contribution in [0.5, 0.6) is 5.75 Å². The van der Waals surface area contributed by atoms with E-state index >= 15 is 0 Å². The molecule has 2 amide bonds. The summed E-state index contributed by atoms with van der Waals surface area (Å²) < 4.78 is 5.34. The third-order valence-electron chi connectivity index (χ3n) is 3.98. The lowest BCUT2D eigenvalue weighted by molar-refractivity contribution is -0.121. The zero-order chi connectivity index (χ0) is 16.5. The third-order valence-corrected chi connectivity index (χ3v) is 3.98. The molecule has 1 fully saturated rings. The van der Waals surface area contributed by atoms with Crippen molar-refractivity contribution in [3.8, 4) is 5.75 Å². The van der Waals surface area contributed by atoms with Gasteiger partial charge in [-0.3, -0.25) is 4.79 Å². The lowest BCUT2D eigenvalue weighted by atomic mass is 9.97. The maximum Gasteiger partial charge on any atom is 0.415 e. The molecule has 0 bridgehead atoms. The Morgan fingerprint density at radius 1 is 1.26 bits per heavy atom. The summed E-state index contributed by atoms with van der Waals surface area (Å²) in [5.41, 5.74) is 0. The van der Waals surface area contributed by atoms with E-state index in [1.807, 2.05) is 18.2 Å². The summed E-state index contributed by atoms with van der Waals surface area (Å²) in [5, 5.41) is 2.95. The molecule has 2 rings (SSSR count). The van der Waals surface area contributed by atoms with Gasteiger partial charge in [0.25, 0.3) is 0 Å². The molecule has 1 N–H and O–H groups in total. The average molecular weight is 316 g/mol. The maximum atomic E-state index is 12.1. The number of rotatable bonds is 6. The zero-order valence-electron chi connectivity index (χ0n) is 13.4. The molecule has 124 valence electrons. The summed E-state index contributed by atoms with van der Waals surface area (Å²) >= 11 is 0. The Bertz CT molecular complexity index is 522. The number of carbonyl (C=O) groups excluding carboxylic acids is 2. The van der Waals surface area contributed by atoms with Gasteiger partial charge in [-0.1, -0.05) is 24.3 Å². The summed E-state index contributed by atoms with van der Waals surface area (Å²) in [6.45, 7) is 5.62. The van der Waals surface area contributed by atoms with Crippen LogP contribution < -0.4 is 10.1 Å². The van der Waals surface area contributed by atoms with Crippen LogP contribution in [0.3, 0.4) is 0 Å². The van der Waals surface area contributed by atoms with Crippen molar-refractivity contribution in [1.82, 2.24) is 10.2 Å². The van der Waals surface area contributed by atoms with Crippen LogP contribution in [-0.4, -0.2) is 36.5 Å². The number of hydrogen-bond donors (Lipinski definition) is 1. The number of ether oxygens (including phenoxy) is 1. The van der Waals surface area contributed by atoms with Crippen molar-refractivity contribution in [1.29, 1.82) is 0 Å². The number of allylic oxidation sites excluding steroid dienone is 1. The van der Waals surface area contributed by atoms with Gasteiger partial charge < -0.3 is 15.0 Å². The van der Waals surface area contributed by atoms with Crippen molar-refractivity contribution in [2.75, 3.05) is 19.6 Å².